The third kappa shape index (κ3) is 39.0. The van der Waals surface area contributed by atoms with Crippen LogP contribution in [0.5, 0.6) is 0 Å². The minimum Gasteiger partial charge on any atom is -0.314 e. The van der Waals surface area contributed by atoms with Gasteiger partial charge in [0, 0.05) is 6.04 Å². The third-order valence-electron chi connectivity index (χ3n) is 8.97. The molecule has 0 saturated heterocycles. The Morgan fingerprint density at radius 1 is 0.422 bits per heavy atom. The van der Waals surface area contributed by atoms with Crippen LogP contribution in [0.25, 0.3) is 0 Å². The molecule has 0 aromatic rings. The van der Waals surface area contributed by atoms with Gasteiger partial charge in [0.1, 0.15) is 0 Å². The molecule has 0 aliphatic rings. The highest BCUT2D eigenvalue weighted by molar-refractivity contribution is 4.93. The van der Waals surface area contributed by atoms with Crippen LogP contribution in [0.3, 0.4) is 0 Å². The van der Waals surface area contributed by atoms with Gasteiger partial charge in [-0.2, -0.15) is 0 Å². The number of hydrogen-bond donors (Lipinski definition) is 1. The first-order valence-corrected chi connectivity index (χ1v) is 20.2. The van der Waals surface area contributed by atoms with Crippen molar-refractivity contribution in [1.29, 1.82) is 0 Å². The van der Waals surface area contributed by atoms with Crippen LogP contribution in [0.4, 0.5) is 0 Å². The minimum absolute atomic E-state index is 0.737. The first kappa shape index (κ1) is 43.9. The van der Waals surface area contributed by atoms with Gasteiger partial charge in [-0.15, -0.1) is 0 Å². The Hall–Kier alpha value is -1.12. The molecule has 0 aliphatic heterocycles. The zero-order chi connectivity index (χ0) is 32.7. The summed E-state index contributed by atoms with van der Waals surface area (Å²) < 4.78 is 0. The normalized spacial score (nSPS) is 12.6. The van der Waals surface area contributed by atoms with Crippen molar-refractivity contribution in [2.75, 3.05) is 27.2 Å². The SMILES string of the molecule is CCCCC/C=C\C/C=C\CCCCCCCCC(CCCCCCCC/C=C\C/C=C\CCCCC)NCCCCN(C)C. The molecule has 0 aromatic heterocycles. The average molecular weight is 627 g/mol. The number of nitrogens with zero attached hydrogens (tertiary/aromatic N) is 1. The summed E-state index contributed by atoms with van der Waals surface area (Å²) in [6, 6.07) is 0.737. The van der Waals surface area contributed by atoms with Gasteiger partial charge in [-0.25, -0.2) is 0 Å². The molecule has 45 heavy (non-hydrogen) atoms. The van der Waals surface area contributed by atoms with E-state index in [1.165, 1.54) is 180 Å². The highest BCUT2D eigenvalue weighted by atomic mass is 15.0. The van der Waals surface area contributed by atoms with E-state index >= 15 is 0 Å². The van der Waals surface area contributed by atoms with Crippen molar-refractivity contribution in [3.63, 3.8) is 0 Å². The van der Waals surface area contributed by atoms with E-state index in [4.69, 9.17) is 0 Å². The lowest BCUT2D eigenvalue weighted by Crippen LogP contribution is -2.30. The molecule has 0 unspecified atom stereocenters. The Morgan fingerprint density at radius 3 is 1.20 bits per heavy atom. The Morgan fingerprint density at radius 2 is 0.800 bits per heavy atom. The lowest BCUT2D eigenvalue weighted by molar-refractivity contribution is 0.375. The summed E-state index contributed by atoms with van der Waals surface area (Å²) in [5.41, 5.74) is 0. The summed E-state index contributed by atoms with van der Waals surface area (Å²) in [4.78, 5) is 2.31. The molecule has 0 spiro atoms. The van der Waals surface area contributed by atoms with Crippen molar-refractivity contribution in [2.24, 2.45) is 0 Å². The van der Waals surface area contributed by atoms with Gasteiger partial charge in [0.2, 0.25) is 0 Å². The van der Waals surface area contributed by atoms with Crippen molar-refractivity contribution in [3.05, 3.63) is 48.6 Å². The minimum atomic E-state index is 0.737. The van der Waals surface area contributed by atoms with Crippen molar-refractivity contribution >= 4 is 0 Å². The molecule has 0 aromatic carbocycles. The van der Waals surface area contributed by atoms with Crippen molar-refractivity contribution < 1.29 is 0 Å². The highest BCUT2D eigenvalue weighted by Crippen LogP contribution is 2.16. The zero-order valence-corrected chi connectivity index (χ0v) is 31.4. The molecule has 2 nitrogen and oxygen atoms in total. The summed E-state index contributed by atoms with van der Waals surface area (Å²) in [7, 11) is 4.38. The fourth-order valence-electron chi connectivity index (χ4n) is 5.97. The largest absolute Gasteiger partial charge is 0.314 e. The molecule has 0 atom stereocenters. The molecular formula is C43H82N2. The van der Waals surface area contributed by atoms with E-state index in [0.717, 1.165) is 18.9 Å². The van der Waals surface area contributed by atoms with Crippen LogP contribution >= 0.6 is 0 Å². The maximum Gasteiger partial charge on any atom is 0.00670 e. The molecule has 2 heteroatoms. The second kappa shape index (κ2) is 39.1. The predicted molar refractivity (Wildman–Crippen MR) is 208 cm³/mol. The van der Waals surface area contributed by atoms with Crippen molar-refractivity contribution in [2.45, 2.75) is 200 Å². The summed E-state index contributed by atoms with van der Waals surface area (Å²) in [6.45, 7) is 6.96. The van der Waals surface area contributed by atoms with Crippen LogP contribution in [-0.4, -0.2) is 38.1 Å². The van der Waals surface area contributed by atoms with Crippen LogP contribution in [0, 0.1) is 0 Å². The molecule has 0 amide bonds. The highest BCUT2D eigenvalue weighted by Gasteiger charge is 2.08. The number of hydrogen-bond acceptors (Lipinski definition) is 2. The van der Waals surface area contributed by atoms with E-state index in [1.54, 1.807) is 0 Å². The summed E-state index contributed by atoms with van der Waals surface area (Å²) in [5, 5.41) is 3.95. The second-order valence-electron chi connectivity index (χ2n) is 13.9. The van der Waals surface area contributed by atoms with Gasteiger partial charge in [0.05, 0.1) is 0 Å². The van der Waals surface area contributed by atoms with E-state index in [-0.39, 0.29) is 0 Å². The third-order valence-corrected chi connectivity index (χ3v) is 8.97. The van der Waals surface area contributed by atoms with Gasteiger partial charge in [-0.05, 0) is 117 Å². The van der Waals surface area contributed by atoms with Crippen molar-refractivity contribution in [1.82, 2.24) is 10.2 Å². The Balaban J connectivity index is 3.88. The molecule has 0 radical (unpaired) electrons. The zero-order valence-electron chi connectivity index (χ0n) is 31.4. The molecule has 1 N–H and O–H groups in total. The molecular weight excluding hydrogens is 544 g/mol. The average Bonchev–Trinajstić information content (AvgIpc) is 3.03. The predicted octanol–water partition coefficient (Wildman–Crippen LogP) is 13.7. The summed E-state index contributed by atoms with van der Waals surface area (Å²) >= 11 is 0. The Labute approximate surface area is 285 Å². The lowest BCUT2D eigenvalue weighted by atomic mass is 9.99. The van der Waals surface area contributed by atoms with E-state index < -0.39 is 0 Å². The molecule has 0 rings (SSSR count). The van der Waals surface area contributed by atoms with Gasteiger partial charge in [-0.1, -0.05) is 152 Å². The summed E-state index contributed by atoms with van der Waals surface area (Å²) in [5.74, 6) is 0. The second-order valence-corrected chi connectivity index (χ2v) is 13.9. The molecule has 0 aliphatic carbocycles. The van der Waals surface area contributed by atoms with Gasteiger partial charge in [-0.3, -0.25) is 0 Å². The van der Waals surface area contributed by atoms with Crippen LogP contribution in [-0.2, 0) is 0 Å². The molecule has 0 fully saturated rings. The Kier molecular flexibility index (Phi) is 38.1. The number of allylic oxidation sites excluding steroid dienone is 8. The maximum atomic E-state index is 3.95. The fraction of sp³-hybridized carbons (Fsp3) is 0.814. The summed E-state index contributed by atoms with van der Waals surface area (Å²) in [6.07, 6.45) is 56.5. The standard InChI is InChI=1S/C43H82N2/c1-5-7-9-11-13-15-17-19-21-23-25-27-29-31-33-35-39-43(44-41-37-38-42-45(3)4)40-36-34-32-30-28-26-24-22-20-18-16-14-12-10-8-6-2/h13-16,19-22,43-44H,5-12,17-18,23-42H2,1-4H3/b15-13-,16-14-,21-19-,22-20-. The number of unbranched alkanes of at least 4 members (excludes halogenated alkanes) is 19. The van der Waals surface area contributed by atoms with Crippen LogP contribution in [0.1, 0.15) is 194 Å². The fourth-order valence-corrected chi connectivity index (χ4v) is 5.97. The lowest BCUT2D eigenvalue weighted by Gasteiger charge is -2.19. The van der Waals surface area contributed by atoms with E-state index in [2.05, 4.69) is 86.8 Å². The van der Waals surface area contributed by atoms with Crippen LogP contribution in [0.15, 0.2) is 48.6 Å². The smallest absolute Gasteiger partial charge is 0.00670 e. The van der Waals surface area contributed by atoms with Gasteiger partial charge in [0.15, 0.2) is 0 Å². The Bertz CT molecular complexity index is 611. The number of nitrogens with one attached hydrogen (secondary N) is 1. The van der Waals surface area contributed by atoms with E-state index in [0.29, 0.717) is 0 Å². The van der Waals surface area contributed by atoms with E-state index in [9.17, 15) is 0 Å². The first-order valence-electron chi connectivity index (χ1n) is 20.2. The van der Waals surface area contributed by atoms with Crippen LogP contribution < -0.4 is 5.32 Å². The molecule has 264 valence electrons. The van der Waals surface area contributed by atoms with Gasteiger partial charge in [0.25, 0.3) is 0 Å². The van der Waals surface area contributed by atoms with Crippen molar-refractivity contribution in [3.8, 4) is 0 Å². The quantitative estimate of drug-likeness (QED) is 0.0550. The maximum absolute atomic E-state index is 3.95. The molecule has 0 heterocycles. The van der Waals surface area contributed by atoms with Crippen LogP contribution in [0.2, 0.25) is 0 Å². The van der Waals surface area contributed by atoms with Gasteiger partial charge < -0.3 is 10.2 Å². The number of rotatable bonds is 36. The van der Waals surface area contributed by atoms with Gasteiger partial charge >= 0.3 is 0 Å². The monoisotopic (exact) mass is 627 g/mol. The van der Waals surface area contributed by atoms with E-state index in [1.807, 2.05) is 0 Å². The molecule has 0 bridgehead atoms. The first-order chi connectivity index (χ1) is 22.2. The molecule has 0 saturated carbocycles. The topological polar surface area (TPSA) is 15.3 Å².